The van der Waals surface area contributed by atoms with Gasteiger partial charge < -0.3 is 25.5 Å². The summed E-state index contributed by atoms with van der Waals surface area (Å²) >= 11 is 6.15. The van der Waals surface area contributed by atoms with Crippen molar-refractivity contribution in [1.29, 1.82) is 0 Å². The van der Waals surface area contributed by atoms with Crippen molar-refractivity contribution in [3.8, 4) is 11.4 Å². The lowest BCUT2D eigenvalue weighted by molar-refractivity contribution is -0.120. The van der Waals surface area contributed by atoms with E-state index in [-0.39, 0.29) is 30.2 Å². The standard InChI is InChI=1S/C22H18ClN3O5/c23-13-2-1-3-14(8-13)26-10-17(22(29)30)20-21(26)16(9-19(28)25-20)12-4-6-15(7-5-12)31-11-18(24)27/h1-8,10,16H,9,11H2,(H2,24,27)(H,25,28)(H,29,30)/t16-/m0/s1. The Morgan fingerprint density at radius 1 is 1.23 bits per heavy atom. The van der Waals surface area contributed by atoms with Crippen LogP contribution in [0.3, 0.4) is 0 Å². The number of nitrogens with one attached hydrogen (secondary N) is 1. The van der Waals surface area contributed by atoms with E-state index in [0.29, 0.717) is 22.2 Å². The minimum absolute atomic E-state index is 0.00515. The fraction of sp³-hybridized carbons (Fsp3) is 0.136. The minimum atomic E-state index is -1.15. The number of carboxylic acid groups (broad SMARTS) is 1. The van der Waals surface area contributed by atoms with Crippen molar-refractivity contribution >= 4 is 35.1 Å². The van der Waals surface area contributed by atoms with E-state index >= 15 is 0 Å². The van der Waals surface area contributed by atoms with Crippen molar-refractivity contribution in [3.05, 3.63) is 76.6 Å². The first kappa shape index (κ1) is 20.5. The molecule has 0 unspecified atom stereocenters. The zero-order valence-electron chi connectivity index (χ0n) is 16.2. The highest BCUT2D eigenvalue weighted by Crippen LogP contribution is 2.42. The van der Waals surface area contributed by atoms with Crippen LogP contribution in [0.1, 0.15) is 34.0 Å². The number of primary amides is 1. The van der Waals surface area contributed by atoms with E-state index in [1.54, 1.807) is 47.0 Å². The molecule has 2 aromatic carbocycles. The van der Waals surface area contributed by atoms with E-state index in [1.165, 1.54) is 6.20 Å². The second-order valence-corrected chi connectivity index (χ2v) is 7.52. The molecule has 2 heterocycles. The first-order chi connectivity index (χ1) is 14.8. The molecule has 0 bridgehead atoms. The molecule has 4 rings (SSSR count). The molecule has 0 saturated heterocycles. The van der Waals surface area contributed by atoms with Crippen LogP contribution in [0, 0.1) is 0 Å². The molecule has 9 heteroatoms. The molecular weight excluding hydrogens is 422 g/mol. The van der Waals surface area contributed by atoms with Crippen LogP contribution in [0.25, 0.3) is 5.69 Å². The summed E-state index contributed by atoms with van der Waals surface area (Å²) in [6.07, 6.45) is 1.62. The smallest absolute Gasteiger partial charge is 0.339 e. The summed E-state index contributed by atoms with van der Waals surface area (Å²) in [4.78, 5) is 35.2. The van der Waals surface area contributed by atoms with Crippen molar-refractivity contribution in [2.24, 2.45) is 5.73 Å². The highest BCUT2D eigenvalue weighted by molar-refractivity contribution is 6.30. The molecular formula is C22H18ClN3O5. The van der Waals surface area contributed by atoms with E-state index in [9.17, 15) is 19.5 Å². The lowest BCUT2D eigenvalue weighted by Gasteiger charge is -2.26. The normalized spacial score (nSPS) is 15.1. The van der Waals surface area contributed by atoms with Crippen molar-refractivity contribution in [2.75, 3.05) is 11.9 Å². The molecule has 1 aromatic heterocycles. The highest BCUT2D eigenvalue weighted by atomic mass is 35.5. The maximum absolute atomic E-state index is 12.4. The van der Waals surface area contributed by atoms with Gasteiger partial charge >= 0.3 is 5.97 Å². The predicted octanol–water partition coefficient (Wildman–Crippen LogP) is 3.17. The molecule has 0 saturated carbocycles. The van der Waals surface area contributed by atoms with Crippen molar-refractivity contribution in [1.82, 2.24) is 4.57 Å². The predicted molar refractivity (Wildman–Crippen MR) is 114 cm³/mol. The number of anilines is 1. The molecule has 0 radical (unpaired) electrons. The van der Waals surface area contributed by atoms with Crippen LogP contribution in [0.2, 0.25) is 5.02 Å². The number of carbonyl (C=O) groups is 3. The Morgan fingerprint density at radius 3 is 2.61 bits per heavy atom. The number of hydrogen-bond acceptors (Lipinski definition) is 4. The van der Waals surface area contributed by atoms with Gasteiger partial charge in [-0.3, -0.25) is 9.59 Å². The first-order valence-electron chi connectivity index (χ1n) is 9.39. The zero-order chi connectivity index (χ0) is 22.1. The molecule has 1 atom stereocenters. The second kappa shape index (κ2) is 8.16. The highest BCUT2D eigenvalue weighted by Gasteiger charge is 2.34. The molecule has 4 N–H and O–H groups in total. The quantitative estimate of drug-likeness (QED) is 0.544. The van der Waals surface area contributed by atoms with Gasteiger partial charge in [-0.25, -0.2) is 4.79 Å². The third-order valence-corrected chi connectivity index (χ3v) is 5.24. The Balaban J connectivity index is 1.81. The van der Waals surface area contributed by atoms with Gasteiger partial charge in [0.1, 0.15) is 11.3 Å². The Hall–Kier alpha value is -3.78. The number of aromatic nitrogens is 1. The first-order valence-corrected chi connectivity index (χ1v) is 9.76. The average Bonchev–Trinajstić information content (AvgIpc) is 3.12. The zero-order valence-corrected chi connectivity index (χ0v) is 16.9. The van der Waals surface area contributed by atoms with E-state index in [2.05, 4.69) is 5.32 Å². The summed E-state index contributed by atoms with van der Waals surface area (Å²) in [7, 11) is 0. The molecule has 0 fully saturated rings. The van der Waals surface area contributed by atoms with Gasteiger partial charge in [0.05, 0.1) is 11.4 Å². The van der Waals surface area contributed by atoms with Crippen molar-refractivity contribution in [2.45, 2.75) is 12.3 Å². The van der Waals surface area contributed by atoms with Gasteiger partial charge in [-0.15, -0.1) is 0 Å². The number of hydrogen-bond donors (Lipinski definition) is 3. The number of ether oxygens (including phenoxy) is 1. The minimum Gasteiger partial charge on any atom is -0.484 e. The SMILES string of the molecule is NC(=O)COc1ccc([C@@H]2CC(=O)Nc3c(C(=O)O)cn(-c4cccc(Cl)c4)c32)cc1. The molecule has 0 spiro atoms. The van der Waals surface area contributed by atoms with Crippen molar-refractivity contribution < 1.29 is 24.2 Å². The van der Waals surface area contributed by atoms with Crippen LogP contribution in [0.4, 0.5) is 5.69 Å². The maximum Gasteiger partial charge on any atom is 0.339 e. The van der Waals surface area contributed by atoms with Crippen LogP contribution in [-0.2, 0) is 9.59 Å². The number of aromatic carboxylic acids is 1. The molecule has 2 amide bonds. The van der Waals surface area contributed by atoms with E-state index < -0.39 is 17.8 Å². The summed E-state index contributed by atoms with van der Waals surface area (Å²) in [6.45, 7) is -0.241. The molecule has 0 aliphatic carbocycles. The molecule has 3 aromatic rings. The molecule has 1 aliphatic rings. The summed E-state index contributed by atoms with van der Waals surface area (Å²) < 4.78 is 7.03. The Kier molecular flexibility index (Phi) is 5.39. The molecule has 1 aliphatic heterocycles. The maximum atomic E-state index is 12.4. The summed E-state index contributed by atoms with van der Waals surface area (Å²) in [6, 6.07) is 13.9. The third-order valence-electron chi connectivity index (χ3n) is 5.01. The van der Waals surface area contributed by atoms with Gasteiger partial charge in [-0.05, 0) is 35.9 Å². The number of rotatable bonds is 6. The number of nitrogens with two attached hydrogens (primary N) is 1. The number of carbonyl (C=O) groups excluding carboxylic acids is 2. The fourth-order valence-electron chi connectivity index (χ4n) is 3.70. The van der Waals surface area contributed by atoms with Crippen LogP contribution in [-0.4, -0.2) is 34.1 Å². The number of fused-ring (bicyclic) bond motifs is 1. The largest absolute Gasteiger partial charge is 0.484 e. The Bertz CT molecular complexity index is 1190. The van der Waals surface area contributed by atoms with Gasteiger partial charge in [0, 0.05) is 29.2 Å². The lowest BCUT2D eigenvalue weighted by atomic mass is 9.88. The number of halogens is 1. The second-order valence-electron chi connectivity index (χ2n) is 7.09. The van der Waals surface area contributed by atoms with E-state index in [1.807, 2.05) is 6.07 Å². The van der Waals surface area contributed by atoms with E-state index in [4.69, 9.17) is 22.1 Å². The Labute approximate surface area is 182 Å². The Morgan fingerprint density at radius 2 is 1.97 bits per heavy atom. The van der Waals surface area contributed by atoms with Crippen LogP contribution >= 0.6 is 11.6 Å². The van der Waals surface area contributed by atoms with Gasteiger partial charge in [-0.2, -0.15) is 0 Å². The van der Waals surface area contributed by atoms with E-state index in [0.717, 1.165) is 5.56 Å². The van der Waals surface area contributed by atoms with Crippen LogP contribution < -0.4 is 15.8 Å². The fourth-order valence-corrected chi connectivity index (χ4v) is 3.88. The summed E-state index contributed by atoms with van der Waals surface area (Å²) in [5.74, 6) is -1.95. The summed E-state index contributed by atoms with van der Waals surface area (Å²) in [5.41, 5.74) is 7.47. The van der Waals surface area contributed by atoms with Crippen LogP contribution in [0.5, 0.6) is 5.75 Å². The van der Waals surface area contributed by atoms with Gasteiger partial charge in [0.15, 0.2) is 6.61 Å². The van der Waals surface area contributed by atoms with Crippen molar-refractivity contribution in [3.63, 3.8) is 0 Å². The summed E-state index contributed by atoms with van der Waals surface area (Å²) in [5, 5.41) is 12.9. The number of carboxylic acids is 1. The van der Waals surface area contributed by atoms with Gasteiger partial charge in [0.2, 0.25) is 5.91 Å². The number of amides is 2. The van der Waals surface area contributed by atoms with Crippen LogP contribution in [0.15, 0.2) is 54.7 Å². The number of nitrogens with zero attached hydrogens (tertiary/aromatic N) is 1. The monoisotopic (exact) mass is 439 g/mol. The number of benzene rings is 2. The van der Waals surface area contributed by atoms with Gasteiger partial charge in [-0.1, -0.05) is 29.8 Å². The topological polar surface area (TPSA) is 124 Å². The lowest BCUT2D eigenvalue weighted by Crippen LogP contribution is -2.25. The molecule has 31 heavy (non-hydrogen) atoms. The molecule has 8 nitrogen and oxygen atoms in total. The third kappa shape index (κ3) is 4.10. The average molecular weight is 440 g/mol. The molecule has 158 valence electrons. The van der Waals surface area contributed by atoms with Gasteiger partial charge in [0.25, 0.3) is 5.91 Å².